The van der Waals surface area contributed by atoms with Gasteiger partial charge in [0.15, 0.2) is 0 Å². The Kier molecular flexibility index (Phi) is 6.85. The number of aromatic nitrogens is 1. The van der Waals surface area contributed by atoms with E-state index < -0.39 is 12.1 Å². The predicted molar refractivity (Wildman–Crippen MR) is 143 cm³/mol. The SMILES string of the molecule is CCOC(=O)c1c[nH]c2ccc(C=CCNC(=O)OCC3c4ccccc4-c4ccccc43)cc2c1=O. The molecule has 4 aromatic rings. The highest BCUT2D eigenvalue weighted by molar-refractivity contribution is 5.94. The summed E-state index contributed by atoms with van der Waals surface area (Å²) in [5.74, 6) is -0.650. The maximum Gasteiger partial charge on any atom is 0.407 e. The van der Waals surface area contributed by atoms with Crippen molar-refractivity contribution in [2.75, 3.05) is 19.8 Å². The van der Waals surface area contributed by atoms with Gasteiger partial charge >= 0.3 is 12.1 Å². The highest BCUT2D eigenvalue weighted by atomic mass is 16.5. The zero-order valence-electron chi connectivity index (χ0n) is 20.3. The molecule has 7 nitrogen and oxygen atoms in total. The van der Waals surface area contributed by atoms with Crippen LogP contribution in [0.25, 0.3) is 28.1 Å². The molecule has 3 aromatic carbocycles. The minimum Gasteiger partial charge on any atom is -0.462 e. The lowest BCUT2D eigenvalue weighted by Crippen LogP contribution is -2.26. The van der Waals surface area contributed by atoms with Gasteiger partial charge in [-0.05, 0) is 46.9 Å². The summed E-state index contributed by atoms with van der Waals surface area (Å²) in [6, 6.07) is 21.7. The van der Waals surface area contributed by atoms with Gasteiger partial charge in [0.2, 0.25) is 5.43 Å². The fourth-order valence-corrected chi connectivity index (χ4v) is 4.69. The van der Waals surface area contributed by atoms with Crippen LogP contribution in [0.15, 0.2) is 83.8 Å². The number of carbonyl (C=O) groups is 2. The van der Waals surface area contributed by atoms with Gasteiger partial charge in [0, 0.05) is 29.6 Å². The first-order valence-corrected chi connectivity index (χ1v) is 12.1. The lowest BCUT2D eigenvalue weighted by atomic mass is 9.98. The van der Waals surface area contributed by atoms with E-state index in [1.54, 1.807) is 31.2 Å². The molecule has 0 saturated heterocycles. The fourth-order valence-electron chi connectivity index (χ4n) is 4.69. The molecule has 0 spiro atoms. The predicted octanol–water partition coefficient (Wildman–Crippen LogP) is 5.26. The highest BCUT2D eigenvalue weighted by Gasteiger charge is 2.28. The quantitative estimate of drug-likeness (QED) is 0.342. The van der Waals surface area contributed by atoms with Crippen LogP contribution in [0.2, 0.25) is 0 Å². The third-order valence-corrected chi connectivity index (χ3v) is 6.42. The van der Waals surface area contributed by atoms with Crippen molar-refractivity contribution >= 4 is 29.0 Å². The Bertz CT molecular complexity index is 1520. The van der Waals surface area contributed by atoms with Crippen LogP contribution in [0.5, 0.6) is 0 Å². The molecule has 1 aliphatic carbocycles. The van der Waals surface area contributed by atoms with Crippen LogP contribution in [0.1, 0.15) is 39.9 Å². The molecular weight excluding hydrogens is 468 g/mol. The zero-order chi connectivity index (χ0) is 25.8. The van der Waals surface area contributed by atoms with Crippen LogP contribution >= 0.6 is 0 Å². The number of fused-ring (bicyclic) bond motifs is 4. The summed E-state index contributed by atoms with van der Waals surface area (Å²) in [6.45, 7) is 2.39. The Balaban J connectivity index is 1.20. The molecule has 37 heavy (non-hydrogen) atoms. The largest absolute Gasteiger partial charge is 0.462 e. The average Bonchev–Trinajstić information content (AvgIpc) is 3.24. The molecule has 7 heteroatoms. The van der Waals surface area contributed by atoms with Crippen molar-refractivity contribution in [1.82, 2.24) is 10.3 Å². The molecule has 1 heterocycles. The molecule has 0 aliphatic heterocycles. The van der Waals surface area contributed by atoms with Crippen molar-refractivity contribution in [1.29, 1.82) is 0 Å². The van der Waals surface area contributed by atoms with Gasteiger partial charge in [-0.15, -0.1) is 0 Å². The first kappa shape index (κ1) is 24.1. The van der Waals surface area contributed by atoms with Gasteiger partial charge in [0.1, 0.15) is 12.2 Å². The van der Waals surface area contributed by atoms with Crippen LogP contribution in [-0.4, -0.2) is 36.8 Å². The number of nitrogens with one attached hydrogen (secondary N) is 2. The molecule has 0 radical (unpaired) electrons. The lowest BCUT2D eigenvalue weighted by molar-refractivity contribution is 0.0524. The monoisotopic (exact) mass is 494 g/mol. The second kappa shape index (κ2) is 10.5. The Hall–Kier alpha value is -4.65. The molecule has 0 fully saturated rings. The van der Waals surface area contributed by atoms with Crippen molar-refractivity contribution in [3.8, 4) is 11.1 Å². The van der Waals surface area contributed by atoms with E-state index in [4.69, 9.17) is 9.47 Å². The number of benzene rings is 3. The van der Waals surface area contributed by atoms with Crippen molar-refractivity contribution in [2.24, 2.45) is 0 Å². The number of hydrogen-bond donors (Lipinski definition) is 2. The summed E-state index contributed by atoms with van der Waals surface area (Å²) in [4.78, 5) is 40.1. The van der Waals surface area contributed by atoms with Gasteiger partial charge in [-0.25, -0.2) is 9.59 Å². The molecule has 0 atom stereocenters. The lowest BCUT2D eigenvalue weighted by Gasteiger charge is -2.14. The average molecular weight is 495 g/mol. The van der Waals surface area contributed by atoms with Crippen LogP contribution in [0.3, 0.4) is 0 Å². The summed E-state index contributed by atoms with van der Waals surface area (Å²) in [5, 5.41) is 3.12. The number of alkyl carbamates (subject to hydrolysis) is 1. The van der Waals surface area contributed by atoms with Crippen LogP contribution in [0, 0.1) is 0 Å². The first-order valence-electron chi connectivity index (χ1n) is 12.1. The van der Waals surface area contributed by atoms with Gasteiger partial charge in [-0.3, -0.25) is 4.79 Å². The zero-order valence-corrected chi connectivity index (χ0v) is 20.3. The Morgan fingerprint density at radius 1 is 0.973 bits per heavy atom. The van der Waals surface area contributed by atoms with E-state index in [1.165, 1.54) is 17.3 Å². The van der Waals surface area contributed by atoms with E-state index in [2.05, 4.69) is 34.6 Å². The van der Waals surface area contributed by atoms with Gasteiger partial charge in [-0.1, -0.05) is 66.7 Å². The molecule has 1 amide bonds. The van der Waals surface area contributed by atoms with Crippen LogP contribution in [0.4, 0.5) is 4.79 Å². The summed E-state index contributed by atoms with van der Waals surface area (Å²) >= 11 is 0. The van der Waals surface area contributed by atoms with Crippen molar-refractivity contribution in [3.05, 3.63) is 111 Å². The number of ether oxygens (including phenoxy) is 2. The summed E-state index contributed by atoms with van der Waals surface area (Å²) in [7, 11) is 0. The van der Waals surface area contributed by atoms with Gasteiger partial charge in [0.25, 0.3) is 0 Å². The third kappa shape index (κ3) is 4.89. The Morgan fingerprint density at radius 3 is 2.38 bits per heavy atom. The Labute approximate surface area is 213 Å². The molecule has 2 N–H and O–H groups in total. The number of rotatable bonds is 7. The maximum absolute atomic E-state index is 12.7. The van der Waals surface area contributed by atoms with Crippen LogP contribution < -0.4 is 10.7 Å². The molecular formula is C30H26N2O5. The normalized spacial score (nSPS) is 12.4. The fraction of sp³-hybridized carbons (Fsp3) is 0.167. The molecule has 0 saturated carbocycles. The van der Waals surface area contributed by atoms with Gasteiger partial charge < -0.3 is 19.8 Å². The molecule has 1 aliphatic rings. The smallest absolute Gasteiger partial charge is 0.407 e. The second-order valence-electron chi connectivity index (χ2n) is 8.67. The number of aromatic amines is 1. The summed E-state index contributed by atoms with van der Waals surface area (Å²) in [6.07, 6.45) is 4.43. The van der Waals surface area contributed by atoms with E-state index >= 15 is 0 Å². The number of carbonyl (C=O) groups excluding carboxylic acids is 2. The topological polar surface area (TPSA) is 97.5 Å². The van der Waals surface area contributed by atoms with E-state index in [0.29, 0.717) is 10.9 Å². The maximum atomic E-state index is 12.7. The van der Waals surface area contributed by atoms with Crippen molar-refractivity contribution in [3.63, 3.8) is 0 Å². The van der Waals surface area contributed by atoms with Crippen molar-refractivity contribution < 1.29 is 19.1 Å². The van der Waals surface area contributed by atoms with E-state index in [1.807, 2.05) is 30.3 Å². The third-order valence-electron chi connectivity index (χ3n) is 6.42. The van der Waals surface area contributed by atoms with Crippen molar-refractivity contribution in [2.45, 2.75) is 12.8 Å². The number of pyridine rings is 1. The van der Waals surface area contributed by atoms with E-state index in [9.17, 15) is 14.4 Å². The Morgan fingerprint density at radius 2 is 1.68 bits per heavy atom. The molecule has 1 aromatic heterocycles. The first-order chi connectivity index (χ1) is 18.1. The minimum atomic E-state index is -0.654. The summed E-state index contributed by atoms with van der Waals surface area (Å²) in [5.41, 5.74) is 5.63. The second-order valence-corrected chi connectivity index (χ2v) is 8.67. The molecule has 0 unspecified atom stereocenters. The van der Waals surface area contributed by atoms with E-state index in [0.717, 1.165) is 16.7 Å². The molecule has 5 rings (SSSR count). The minimum absolute atomic E-state index is 0.00359. The standard InChI is InChI=1S/C30H26N2O5/c1-2-36-29(34)25-17-32-27-14-13-19(16-24(27)28(25)33)8-7-15-31-30(35)37-18-26-22-11-5-3-9-20(22)21-10-4-6-12-23(21)26/h3-14,16-17,26H,2,15,18H2,1H3,(H,31,35)(H,32,33). The number of H-pyrrole nitrogens is 1. The summed E-state index contributed by atoms with van der Waals surface area (Å²) < 4.78 is 10.5. The number of hydrogen-bond acceptors (Lipinski definition) is 5. The van der Waals surface area contributed by atoms with E-state index in [-0.39, 0.29) is 36.7 Å². The molecule has 186 valence electrons. The molecule has 0 bridgehead atoms. The number of amides is 1. The van der Waals surface area contributed by atoms with Crippen LogP contribution in [-0.2, 0) is 9.47 Å². The van der Waals surface area contributed by atoms with Gasteiger partial charge in [0.05, 0.1) is 6.61 Å². The number of esters is 1. The van der Waals surface area contributed by atoms with Gasteiger partial charge in [-0.2, -0.15) is 0 Å². The highest BCUT2D eigenvalue weighted by Crippen LogP contribution is 2.44.